The van der Waals surface area contributed by atoms with E-state index in [0.717, 1.165) is 80.4 Å². The average Bonchev–Trinajstić information content (AvgIpc) is 3.59. The summed E-state index contributed by atoms with van der Waals surface area (Å²) in [5.74, 6) is 1.51. The van der Waals surface area contributed by atoms with Gasteiger partial charge < -0.3 is 29.6 Å². The van der Waals surface area contributed by atoms with Crippen molar-refractivity contribution < 1.29 is 14.3 Å². The van der Waals surface area contributed by atoms with Gasteiger partial charge in [-0.1, -0.05) is 0 Å². The molecule has 1 aliphatic carbocycles. The van der Waals surface area contributed by atoms with Crippen LogP contribution >= 0.6 is 0 Å². The van der Waals surface area contributed by atoms with Crippen molar-refractivity contribution in [2.24, 2.45) is 0 Å². The van der Waals surface area contributed by atoms with Crippen LogP contribution in [0.1, 0.15) is 42.1 Å². The molecule has 1 saturated heterocycles. The maximum Gasteiger partial charge on any atom is 0.257 e. The van der Waals surface area contributed by atoms with Crippen LogP contribution in [0.5, 0.6) is 0 Å². The van der Waals surface area contributed by atoms with Gasteiger partial charge in [0.05, 0.1) is 30.6 Å². The number of hydrogen-bond donors (Lipinski definition) is 2. The van der Waals surface area contributed by atoms with Crippen LogP contribution in [0.2, 0.25) is 0 Å². The van der Waals surface area contributed by atoms with Gasteiger partial charge in [-0.05, 0) is 37.8 Å². The summed E-state index contributed by atoms with van der Waals surface area (Å²) >= 11 is 0. The van der Waals surface area contributed by atoms with Gasteiger partial charge in [0.15, 0.2) is 5.65 Å². The van der Waals surface area contributed by atoms with Gasteiger partial charge in [0, 0.05) is 76.5 Å². The van der Waals surface area contributed by atoms with Crippen molar-refractivity contribution in [2.75, 3.05) is 52.8 Å². The first-order chi connectivity index (χ1) is 19.1. The van der Waals surface area contributed by atoms with Crippen molar-refractivity contribution in [1.29, 1.82) is 0 Å². The second kappa shape index (κ2) is 10.9. The lowest BCUT2D eigenvalue weighted by Crippen LogP contribution is -2.51. The van der Waals surface area contributed by atoms with E-state index >= 15 is 0 Å². The Balaban J connectivity index is 1.29. The first-order valence-corrected chi connectivity index (χ1v) is 13.7. The molecule has 0 radical (unpaired) electrons. The Morgan fingerprint density at radius 3 is 2.69 bits per heavy atom. The van der Waals surface area contributed by atoms with Gasteiger partial charge in [-0.15, -0.1) is 0 Å². The molecule has 0 spiro atoms. The zero-order valence-corrected chi connectivity index (χ0v) is 22.8. The van der Waals surface area contributed by atoms with E-state index in [9.17, 15) is 4.79 Å². The van der Waals surface area contributed by atoms with E-state index in [2.05, 4.69) is 43.5 Å². The Kier molecular flexibility index (Phi) is 7.20. The molecule has 0 aromatic carbocycles. The number of nitrogens with one attached hydrogen (secondary N) is 2. The zero-order chi connectivity index (χ0) is 26.9. The van der Waals surface area contributed by atoms with Gasteiger partial charge in [0.25, 0.3) is 5.91 Å². The average molecular weight is 533 g/mol. The first kappa shape index (κ1) is 25.7. The summed E-state index contributed by atoms with van der Waals surface area (Å²) in [6, 6.07) is 6.54. The van der Waals surface area contributed by atoms with Crippen molar-refractivity contribution >= 4 is 17.4 Å². The van der Waals surface area contributed by atoms with Crippen LogP contribution in [-0.2, 0) is 9.47 Å². The minimum atomic E-state index is -0.191. The lowest BCUT2D eigenvalue weighted by atomic mass is 9.89. The molecule has 4 aliphatic rings. The number of carbonyl (C=O) groups excluding carboxylic acids is 1. The van der Waals surface area contributed by atoms with Gasteiger partial charge in [-0.2, -0.15) is 9.61 Å². The third-order valence-corrected chi connectivity index (χ3v) is 8.24. The van der Waals surface area contributed by atoms with Crippen LogP contribution in [0.15, 0.2) is 36.8 Å². The lowest BCUT2D eigenvalue weighted by Gasteiger charge is -2.35. The number of likely N-dealkylation sites (tertiary alicyclic amines) is 1. The van der Waals surface area contributed by atoms with Gasteiger partial charge in [0.2, 0.25) is 0 Å². The third-order valence-electron chi connectivity index (χ3n) is 8.24. The number of aromatic nitrogens is 5. The number of methoxy groups -OCH3 is 2. The molecule has 2 fully saturated rings. The van der Waals surface area contributed by atoms with Crippen molar-refractivity contribution in [3.05, 3.63) is 42.4 Å². The Morgan fingerprint density at radius 2 is 1.97 bits per heavy atom. The van der Waals surface area contributed by atoms with Crippen LogP contribution in [0.4, 0.5) is 5.82 Å². The number of piperidine rings is 1. The highest BCUT2D eigenvalue weighted by molar-refractivity contribution is 6.00. The van der Waals surface area contributed by atoms with Crippen molar-refractivity contribution in [3.63, 3.8) is 0 Å². The summed E-state index contributed by atoms with van der Waals surface area (Å²) in [4.78, 5) is 25.4. The fraction of sp³-hybridized carbons (Fsp3) is 0.500. The maximum absolute atomic E-state index is 13.2. The summed E-state index contributed by atoms with van der Waals surface area (Å²) in [5, 5.41) is 10.7. The second-order valence-corrected chi connectivity index (χ2v) is 10.4. The van der Waals surface area contributed by atoms with Gasteiger partial charge in [-0.25, -0.2) is 9.97 Å². The van der Waals surface area contributed by atoms with Crippen molar-refractivity contribution in [3.8, 4) is 22.6 Å². The highest BCUT2D eigenvalue weighted by Crippen LogP contribution is 2.37. The Hall–Kier alpha value is -3.54. The van der Waals surface area contributed by atoms with Crippen LogP contribution in [0.3, 0.4) is 0 Å². The Morgan fingerprint density at radius 1 is 1.13 bits per heavy atom. The van der Waals surface area contributed by atoms with Crippen LogP contribution in [0, 0.1) is 0 Å². The molecular weight excluding hydrogens is 496 g/mol. The molecule has 2 aromatic rings. The number of hydrogen-bond acceptors (Lipinski definition) is 8. The van der Waals surface area contributed by atoms with Crippen LogP contribution < -0.4 is 10.6 Å². The predicted octanol–water partition coefficient (Wildman–Crippen LogP) is 2.93. The highest BCUT2D eigenvalue weighted by atomic mass is 16.5. The number of carbonyl (C=O) groups is 1. The summed E-state index contributed by atoms with van der Waals surface area (Å²) in [5.41, 5.74) is 3.66. The Labute approximate surface area is 227 Å². The molecule has 0 bridgehead atoms. The predicted molar refractivity (Wildman–Crippen MR) is 148 cm³/mol. The molecular formula is C28H36N8O3. The molecule has 206 valence electrons. The highest BCUT2D eigenvalue weighted by Gasteiger charge is 2.33. The molecule has 2 atom stereocenters. The zero-order valence-electron chi connectivity index (χ0n) is 22.8. The largest absolute Gasteiger partial charge is 0.383 e. The first-order valence-electron chi connectivity index (χ1n) is 13.7. The van der Waals surface area contributed by atoms with E-state index in [4.69, 9.17) is 19.4 Å². The third kappa shape index (κ3) is 4.75. The number of nitrogens with zero attached hydrogens (tertiary/aromatic N) is 6. The number of rotatable bonds is 9. The van der Waals surface area contributed by atoms with E-state index in [-0.39, 0.29) is 18.1 Å². The molecule has 11 nitrogen and oxygen atoms in total. The van der Waals surface area contributed by atoms with Crippen LogP contribution in [0.25, 0.3) is 28.3 Å². The number of pyridine rings is 1. The van der Waals surface area contributed by atoms with E-state index in [0.29, 0.717) is 17.3 Å². The van der Waals surface area contributed by atoms with E-state index in [1.165, 1.54) is 0 Å². The van der Waals surface area contributed by atoms with Crippen LogP contribution in [-0.4, -0.2) is 94.6 Å². The fourth-order valence-electron chi connectivity index (χ4n) is 5.80. The normalized spacial score (nSPS) is 20.4. The minimum absolute atomic E-state index is 0.00918. The monoisotopic (exact) mass is 532 g/mol. The molecule has 2 aromatic heterocycles. The molecule has 1 amide bonds. The smallest absolute Gasteiger partial charge is 0.257 e. The van der Waals surface area contributed by atoms with E-state index in [1.54, 1.807) is 24.9 Å². The van der Waals surface area contributed by atoms with Gasteiger partial charge in [-0.3, -0.25) is 4.79 Å². The minimum Gasteiger partial charge on any atom is -0.383 e. The topological polar surface area (TPSA) is 111 Å². The second-order valence-electron chi connectivity index (χ2n) is 10.4. The molecule has 1 saturated carbocycles. The molecule has 3 aliphatic heterocycles. The SMILES string of the molecule is CNc1cc(-c2cnc3n(C4CCN(CCOC)CC4)cccc2-3)nc2c(C(=O)N[C@@H]3CC[C@H]3OC)cnn12. The quantitative estimate of drug-likeness (QED) is 0.339. The molecule has 11 heteroatoms. The maximum atomic E-state index is 13.2. The van der Waals surface area contributed by atoms with Crippen molar-refractivity contribution in [2.45, 2.75) is 43.9 Å². The molecule has 39 heavy (non-hydrogen) atoms. The Bertz CT molecular complexity index is 1420. The summed E-state index contributed by atoms with van der Waals surface area (Å²) in [7, 11) is 5.27. The number of ether oxygens (including phenoxy) is 2. The number of fused-ring (bicyclic) bond motifs is 2. The molecule has 0 unspecified atom stereocenters. The number of anilines is 1. The summed E-state index contributed by atoms with van der Waals surface area (Å²) in [6.45, 7) is 3.84. The molecule has 2 N–H and O–H groups in total. The number of amides is 1. The van der Waals surface area contributed by atoms with E-state index in [1.807, 2.05) is 19.3 Å². The standard InChI is InChI=1S/C28H36N8O3/c1-29-25-15-23(32-27-21(17-31-36(25)27)28(37)33-22-6-7-24(22)39-3)20-16-30-26-19(20)5-4-10-35(26)18-8-11-34(12-9-18)13-14-38-2/h4-5,10,15-18,22,24,29H,6-9,11-14H2,1-3H3,(H,33,37)/t22-,24-/m1/s1. The summed E-state index contributed by atoms with van der Waals surface area (Å²) in [6.07, 6.45) is 9.66. The fourth-order valence-corrected chi connectivity index (χ4v) is 5.80. The lowest BCUT2D eigenvalue weighted by molar-refractivity contribution is 0.00732. The summed E-state index contributed by atoms with van der Waals surface area (Å²) < 4.78 is 14.7. The molecule has 5 heterocycles. The van der Waals surface area contributed by atoms with Gasteiger partial charge in [0.1, 0.15) is 17.2 Å². The molecule has 6 rings (SSSR count). The van der Waals surface area contributed by atoms with Crippen molar-refractivity contribution in [1.82, 2.24) is 34.4 Å². The van der Waals surface area contributed by atoms with Gasteiger partial charge >= 0.3 is 0 Å². The van der Waals surface area contributed by atoms with E-state index < -0.39 is 0 Å².